The van der Waals surface area contributed by atoms with Crippen molar-refractivity contribution in [2.75, 3.05) is 0 Å². The Bertz CT molecular complexity index is 335. The number of aryl methyl sites for hydroxylation is 1. The highest BCUT2D eigenvalue weighted by Crippen LogP contribution is 2.38. The third-order valence-electron chi connectivity index (χ3n) is 3.84. The molecule has 1 aromatic carbocycles. The molecule has 1 saturated carbocycles. The molecule has 0 bridgehead atoms. The lowest BCUT2D eigenvalue weighted by Crippen LogP contribution is -2.40. The average molecular weight is 203 g/mol. The van der Waals surface area contributed by atoms with Crippen molar-refractivity contribution < 1.29 is 0 Å². The van der Waals surface area contributed by atoms with Gasteiger partial charge < -0.3 is 5.73 Å². The van der Waals surface area contributed by atoms with Crippen LogP contribution in [0.5, 0.6) is 0 Å². The first-order valence-electron chi connectivity index (χ1n) is 5.97. The van der Waals surface area contributed by atoms with Crippen LogP contribution in [-0.2, 0) is 5.54 Å². The van der Waals surface area contributed by atoms with E-state index in [4.69, 9.17) is 5.73 Å². The highest BCUT2D eigenvalue weighted by atomic mass is 14.7. The standard InChI is InChI=1S/C14H21N/c1-11-6-5-9-13(10-11)14(2,15)12-7-3-4-8-12/h5-6,9-10,12H,3-4,7-8,15H2,1-2H3. The fourth-order valence-corrected chi connectivity index (χ4v) is 2.74. The van der Waals surface area contributed by atoms with Crippen LogP contribution in [0.3, 0.4) is 0 Å². The van der Waals surface area contributed by atoms with E-state index in [1.807, 2.05) is 0 Å². The monoisotopic (exact) mass is 203 g/mol. The fourth-order valence-electron chi connectivity index (χ4n) is 2.74. The molecular weight excluding hydrogens is 182 g/mol. The first-order valence-corrected chi connectivity index (χ1v) is 5.97. The Morgan fingerprint density at radius 2 is 1.93 bits per heavy atom. The number of hydrogen-bond acceptors (Lipinski definition) is 1. The van der Waals surface area contributed by atoms with Gasteiger partial charge in [-0.05, 0) is 38.2 Å². The summed E-state index contributed by atoms with van der Waals surface area (Å²) in [5.41, 5.74) is 8.98. The molecule has 0 amide bonds. The van der Waals surface area contributed by atoms with Gasteiger partial charge in [0.15, 0.2) is 0 Å². The Kier molecular flexibility index (Phi) is 2.83. The average Bonchev–Trinajstić information content (AvgIpc) is 2.71. The van der Waals surface area contributed by atoms with Gasteiger partial charge in [0, 0.05) is 5.54 Å². The maximum absolute atomic E-state index is 6.51. The number of rotatable bonds is 2. The van der Waals surface area contributed by atoms with E-state index in [1.165, 1.54) is 36.8 Å². The lowest BCUT2D eigenvalue weighted by molar-refractivity contribution is 0.307. The van der Waals surface area contributed by atoms with E-state index in [0.717, 1.165) is 0 Å². The van der Waals surface area contributed by atoms with Gasteiger partial charge >= 0.3 is 0 Å². The summed E-state index contributed by atoms with van der Waals surface area (Å²) in [6.07, 6.45) is 5.29. The van der Waals surface area contributed by atoms with E-state index < -0.39 is 0 Å². The van der Waals surface area contributed by atoms with Crippen LogP contribution in [0.15, 0.2) is 24.3 Å². The van der Waals surface area contributed by atoms with Gasteiger partial charge in [0.2, 0.25) is 0 Å². The van der Waals surface area contributed by atoms with Crippen molar-refractivity contribution in [3.05, 3.63) is 35.4 Å². The third kappa shape index (κ3) is 2.07. The second-order valence-electron chi connectivity index (χ2n) is 5.13. The summed E-state index contributed by atoms with van der Waals surface area (Å²) in [4.78, 5) is 0. The molecule has 0 saturated heterocycles. The van der Waals surface area contributed by atoms with Crippen molar-refractivity contribution in [2.45, 2.75) is 45.1 Å². The quantitative estimate of drug-likeness (QED) is 0.783. The fraction of sp³-hybridized carbons (Fsp3) is 0.571. The molecule has 1 heteroatoms. The Morgan fingerprint density at radius 1 is 1.27 bits per heavy atom. The minimum Gasteiger partial charge on any atom is -0.321 e. The van der Waals surface area contributed by atoms with Crippen LogP contribution in [0.1, 0.15) is 43.7 Å². The van der Waals surface area contributed by atoms with E-state index in [0.29, 0.717) is 5.92 Å². The lowest BCUT2D eigenvalue weighted by atomic mass is 9.79. The molecule has 2 rings (SSSR count). The van der Waals surface area contributed by atoms with Gasteiger partial charge in [-0.2, -0.15) is 0 Å². The maximum Gasteiger partial charge on any atom is 0.0409 e. The van der Waals surface area contributed by atoms with Crippen molar-refractivity contribution in [1.82, 2.24) is 0 Å². The molecule has 1 aromatic rings. The van der Waals surface area contributed by atoms with Gasteiger partial charge in [0.05, 0.1) is 0 Å². The highest BCUT2D eigenvalue weighted by Gasteiger charge is 2.33. The summed E-state index contributed by atoms with van der Waals surface area (Å²) >= 11 is 0. The van der Waals surface area contributed by atoms with Crippen LogP contribution in [0.4, 0.5) is 0 Å². The van der Waals surface area contributed by atoms with E-state index in [2.05, 4.69) is 38.1 Å². The van der Waals surface area contributed by atoms with Crippen LogP contribution in [-0.4, -0.2) is 0 Å². The summed E-state index contributed by atoms with van der Waals surface area (Å²) in [5, 5.41) is 0. The SMILES string of the molecule is Cc1cccc(C(C)(N)C2CCCC2)c1. The highest BCUT2D eigenvalue weighted by molar-refractivity contribution is 5.29. The number of nitrogens with two attached hydrogens (primary N) is 1. The Balaban J connectivity index is 2.27. The Labute approximate surface area is 92.7 Å². The van der Waals surface area contributed by atoms with Gasteiger partial charge in [-0.1, -0.05) is 42.7 Å². The minimum absolute atomic E-state index is 0.136. The largest absolute Gasteiger partial charge is 0.321 e. The number of benzene rings is 1. The van der Waals surface area contributed by atoms with E-state index in [9.17, 15) is 0 Å². The predicted octanol–water partition coefficient (Wildman–Crippen LogP) is 3.36. The van der Waals surface area contributed by atoms with Gasteiger partial charge in [-0.15, -0.1) is 0 Å². The summed E-state index contributed by atoms with van der Waals surface area (Å²) < 4.78 is 0. The van der Waals surface area contributed by atoms with Crippen molar-refractivity contribution >= 4 is 0 Å². The molecule has 1 unspecified atom stereocenters. The maximum atomic E-state index is 6.51. The van der Waals surface area contributed by atoms with E-state index in [1.54, 1.807) is 0 Å². The molecule has 0 spiro atoms. The summed E-state index contributed by atoms with van der Waals surface area (Å²) in [6, 6.07) is 8.66. The number of hydrogen-bond donors (Lipinski definition) is 1. The first-order chi connectivity index (χ1) is 7.10. The molecule has 1 fully saturated rings. The Morgan fingerprint density at radius 3 is 2.53 bits per heavy atom. The molecule has 82 valence electrons. The second kappa shape index (κ2) is 3.97. The van der Waals surface area contributed by atoms with Crippen LogP contribution >= 0.6 is 0 Å². The molecule has 0 heterocycles. The topological polar surface area (TPSA) is 26.0 Å². The van der Waals surface area contributed by atoms with Crippen molar-refractivity contribution in [3.63, 3.8) is 0 Å². The normalized spacial score (nSPS) is 21.5. The van der Waals surface area contributed by atoms with Crippen molar-refractivity contribution in [3.8, 4) is 0 Å². The minimum atomic E-state index is -0.136. The van der Waals surface area contributed by atoms with Gasteiger partial charge in [-0.25, -0.2) is 0 Å². The smallest absolute Gasteiger partial charge is 0.0409 e. The summed E-state index contributed by atoms with van der Waals surface area (Å²) in [7, 11) is 0. The van der Waals surface area contributed by atoms with Gasteiger partial charge in [0.1, 0.15) is 0 Å². The molecule has 0 radical (unpaired) electrons. The molecule has 1 aliphatic rings. The van der Waals surface area contributed by atoms with E-state index in [-0.39, 0.29) is 5.54 Å². The first kappa shape index (κ1) is 10.7. The summed E-state index contributed by atoms with van der Waals surface area (Å²) in [6.45, 7) is 4.33. The van der Waals surface area contributed by atoms with Crippen LogP contribution in [0.25, 0.3) is 0 Å². The zero-order valence-electron chi connectivity index (χ0n) is 9.79. The van der Waals surface area contributed by atoms with Gasteiger partial charge in [-0.3, -0.25) is 0 Å². The predicted molar refractivity (Wildman–Crippen MR) is 64.7 cm³/mol. The zero-order valence-corrected chi connectivity index (χ0v) is 9.79. The van der Waals surface area contributed by atoms with Crippen molar-refractivity contribution in [1.29, 1.82) is 0 Å². The molecule has 1 nitrogen and oxygen atoms in total. The Hall–Kier alpha value is -0.820. The second-order valence-corrected chi connectivity index (χ2v) is 5.13. The molecular formula is C14H21N. The molecule has 15 heavy (non-hydrogen) atoms. The molecule has 2 N–H and O–H groups in total. The molecule has 0 aliphatic heterocycles. The molecule has 0 aromatic heterocycles. The lowest BCUT2D eigenvalue weighted by Gasteiger charge is -2.32. The van der Waals surface area contributed by atoms with E-state index >= 15 is 0 Å². The van der Waals surface area contributed by atoms with Crippen LogP contribution < -0.4 is 5.73 Å². The molecule has 1 atom stereocenters. The third-order valence-corrected chi connectivity index (χ3v) is 3.84. The van der Waals surface area contributed by atoms with Crippen LogP contribution in [0, 0.1) is 12.8 Å². The van der Waals surface area contributed by atoms with Gasteiger partial charge in [0.25, 0.3) is 0 Å². The van der Waals surface area contributed by atoms with Crippen molar-refractivity contribution in [2.24, 2.45) is 11.7 Å². The van der Waals surface area contributed by atoms with Crippen LogP contribution in [0.2, 0.25) is 0 Å². The molecule has 1 aliphatic carbocycles. The summed E-state index contributed by atoms with van der Waals surface area (Å²) in [5.74, 6) is 0.666. The zero-order chi connectivity index (χ0) is 10.9.